The number of rotatable bonds is 5. The average molecular weight is 285 g/mol. The maximum Gasteiger partial charge on any atom is 0.281 e. The Labute approximate surface area is 109 Å². The third kappa shape index (κ3) is 4.06. The van der Waals surface area contributed by atoms with Crippen LogP contribution in [0.2, 0.25) is 0 Å². The summed E-state index contributed by atoms with van der Waals surface area (Å²) in [7, 11) is -1.78. The molecule has 102 valence electrons. The average Bonchev–Trinajstić information content (AvgIpc) is 2.24. The van der Waals surface area contributed by atoms with Crippen molar-refractivity contribution >= 4 is 21.8 Å². The lowest BCUT2D eigenvalue weighted by Gasteiger charge is -2.36. The van der Waals surface area contributed by atoms with Gasteiger partial charge in [0.1, 0.15) is 0 Å². The lowest BCUT2D eigenvalue weighted by molar-refractivity contribution is -0.0452. The fourth-order valence-corrected chi connectivity index (χ4v) is 3.58. The van der Waals surface area contributed by atoms with Crippen LogP contribution in [0.4, 0.5) is 0 Å². The molecule has 0 radical (unpaired) electrons. The highest BCUT2D eigenvalue weighted by molar-refractivity contribution is 7.86. The van der Waals surface area contributed by atoms with Gasteiger partial charge >= 0.3 is 0 Å². The van der Waals surface area contributed by atoms with E-state index in [4.69, 9.17) is 16.3 Å². The van der Waals surface area contributed by atoms with E-state index in [9.17, 15) is 8.42 Å². The Kier molecular flexibility index (Phi) is 5.66. The Morgan fingerprint density at radius 2 is 1.88 bits per heavy atom. The molecule has 0 amide bonds. The highest BCUT2D eigenvalue weighted by atomic mass is 35.5. The predicted octanol–water partition coefficient (Wildman–Crippen LogP) is 0.901. The normalized spacial score (nSPS) is 27.6. The van der Waals surface area contributed by atoms with Gasteiger partial charge in [0.2, 0.25) is 0 Å². The SMILES string of the molecule is CC1CN(S(=O)(=O)N(C)CCCCl)CC(C)O1. The smallest absolute Gasteiger partial charge is 0.281 e. The Bertz CT molecular complexity index is 326. The second-order valence-electron chi connectivity index (χ2n) is 4.45. The molecule has 1 aliphatic heterocycles. The number of nitrogens with zero attached hydrogens (tertiary/aromatic N) is 2. The quantitative estimate of drug-likeness (QED) is 0.705. The van der Waals surface area contributed by atoms with Crippen LogP contribution in [0.25, 0.3) is 0 Å². The minimum absolute atomic E-state index is 0.0602. The molecule has 0 aromatic rings. The molecule has 1 aliphatic rings. The van der Waals surface area contributed by atoms with Crippen molar-refractivity contribution in [1.29, 1.82) is 0 Å². The molecule has 5 nitrogen and oxygen atoms in total. The molecule has 2 unspecified atom stereocenters. The van der Waals surface area contributed by atoms with Gasteiger partial charge in [0.15, 0.2) is 0 Å². The van der Waals surface area contributed by atoms with Gasteiger partial charge in [-0.2, -0.15) is 17.0 Å². The van der Waals surface area contributed by atoms with Gasteiger partial charge in [-0.1, -0.05) is 0 Å². The van der Waals surface area contributed by atoms with Gasteiger partial charge in [-0.3, -0.25) is 0 Å². The fourth-order valence-electron chi connectivity index (χ4n) is 1.91. The zero-order chi connectivity index (χ0) is 13.1. The first-order valence-electron chi connectivity index (χ1n) is 5.80. The summed E-state index contributed by atoms with van der Waals surface area (Å²) in [6.07, 6.45) is 0.539. The molecule has 0 bridgehead atoms. The maximum absolute atomic E-state index is 12.2. The predicted molar refractivity (Wildman–Crippen MR) is 68.5 cm³/mol. The van der Waals surface area contributed by atoms with Gasteiger partial charge in [0, 0.05) is 32.6 Å². The molecule has 1 fully saturated rings. The van der Waals surface area contributed by atoms with E-state index >= 15 is 0 Å². The van der Waals surface area contributed by atoms with Crippen LogP contribution in [0.5, 0.6) is 0 Å². The monoisotopic (exact) mass is 284 g/mol. The first-order valence-corrected chi connectivity index (χ1v) is 7.74. The van der Waals surface area contributed by atoms with Crippen molar-refractivity contribution in [2.75, 3.05) is 32.6 Å². The molecule has 0 spiro atoms. The second kappa shape index (κ2) is 6.33. The van der Waals surface area contributed by atoms with Crippen molar-refractivity contribution in [2.45, 2.75) is 32.5 Å². The van der Waals surface area contributed by atoms with Gasteiger partial charge < -0.3 is 4.74 Å². The van der Waals surface area contributed by atoms with Gasteiger partial charge in [-0.15, -0.1) is 11.6 Å². The van der Waals surface area contributed by atoms with Crippen LogP contribution in [0.3, 0.4) is 0 Å². The first kappa shape index (κ1) is 15.2. The van der Waals surface area contributed by atoms with E-state index in [2.05, 4.69) is 0 Å². The van der Waals surface area contributed by atoms with Gasteiger partial charge in [-0.05, 0) is 20.3 Å². The number of hydrogen-bond acceptors (Lipinski definition) is 3. The summed E-state index contributed by atoms with van der Waals surface area (Å²) < 4.78 is 32.8. The minimum atomic E-state index is -3.37. The molecule has 2 atom stereocenters. The van der Waals surface area contributed by atoms with Crippen molar-refractivity contribution in [3.05, 3.63) is 0 Å². The largest absolute Gasteiger partial charge is 0.373 e. The van der Waals surface area contributed by atoms with Gasteiger partial charge in [-0.25, -0.2) is 0 Å². The third-order valence-electron chi connectivity index (χ3n) is 2.71. The number of hydrogen-bond donors (Lipinski definition) is 0. The summed E-state index contributed by atoms with van der Waals surface area (Å²) in [4.78, 5) is 0. The molecule has 0 aromatic carbocycles. The molecule has 0 aromatic heterocycles. The summed E-state index contributed by atoms with van der Waals surface area (Å²) in [5.41, 5.74) is 0. The number of morpholine rings is 1. The van der Waals surface area contributed by atoms with Crippen LogP contribution < -0.4 is 0 Å². The minimum Gasteiger partial charge on any atom is -0.373 e. The molecule has 17 heavy (non-hydrogen) atoms. The van der Waals surface area contributed by atoms with Crippen LogP contribution in [0.15, 0.2) is 0 Å². The molecule has 0 N–H and O–H groups in total. The number of alkyl halides is 1. The lowest BCUT2D eigenvalue weighted by Crippen LogP contribution is -2.52. The molecule has 1 heterocycles. The maximum atomic E-state index is 12.2. The van der Waals surface area contributed by atoms with Gasteiger partial charge in [0.25, 0.3) is 10.2 Å². The molecule has 0 aliphatic carbocycles. The first-order chi connectivity index (χ1) is 7.87. The Morgan fingerprint density at radius 1 is 1.35 bits per heavy atom. The Morgan fingerprint density at radius 3 is 2.35 bits per heavy atom. The highest BCUT2D eigenvalue weighted by Gasteiger charge is 2.33. The van der Waals surface area contributed by atoms with Crippen LogP contribution >= 0.6 is 11.6 Å². The lowest BCUT2D eigenvalue weighted by atomic mass is 10.3. The van der Waals surface area contributed by atoms with Crippen LogP contribution in [-0.4, -0.2) is 61.8 Å². The topological polar surface area (TPSA) is 49.9 Å². The van der Waals surface area contributed by atoms with E-state index in [1.807, 2.05) is 13.8 Å². The Balaban J connectivity index is 2.68. The summed E-state index contributed by atoms with van der Waals surface area (Å²) in [6.45, 7) is 5.05. The van der Waals surface area contributed by atoms with Crippen molar-refractivity contribution in [3.8, 4) is 0 Å². The highest BCUT2D eigenvalue weighted by Crippen LogP contribution is 2.16. The van der Waals surface area contributed by atoms with E-state index in [1.165, 1.54) is 8.61 Å². The van der Waals surface area contributed by atoms with Crippen molar-refractivity contribution < 1.29 is 13.2 Å². The molecule has 1 saturated heterocycles. The van der Waals surface area contributed by atoms with E-state index < -0.39 is 10.2 Å². The van der Waals surface area contributed by atoms with Crippen LogP contribution in [0, 0.1) is 0 Å². The zero-order valence-electron chi connectivity index (χ0n) is 10.6. The van der Waals surface area contributed by atoms with Crippen LogP contribution in [0.1, 0.15) is 20.3 Å². The molecule has 7 heteroatoms. The van der Waals surface area contributed by atoms with Gasteiger partial charge in [0.05, 0.1) is 12.2 Å². The number of halogens is 1. The molecular weight excluding hydrogens is 264 g/mol. The molecule has 1 rings (SSSR count). The van der Waals surface area contributed by atoms with Crippen molar-refractivity contribution in [1.82, 2.24) is 8.61 Å². The summed E-state index contributed by atoms with van der Waals surface area (Å²) in [6, 6.07) is 0. The van der Waals surface area contributed by atoms with Crippen molar-refractivity contribution in [2.24, 2.45) is 0 Å². The summed E-state index contributed by atoms with van der Waals surface area (Å²) >= 11 is 5.57. The van der Waals surface area contributed by atoms with Crippen LogP contribution in [-0.2, 0) is 14.9 Å². The summed E-state index contributed by atoms with van der Waals surface area (Å²) in [5, 5.41) is 0. The van der Waals surface area contributed by atoms with E-state index in [0.29, 0.717) is 31.9 Å². The van der Waals surface area contributed by atoms with E-state index in [0.717, 1.165) is 0 Å². The standard InChI is InChI=1S/C10H21ClN2O3S/c1-9-7-13(8-10(2)16-9)17(14,15)12(3)6-4-5-11/h9-10H,4-8H2,1-3H3. The fraction of sp³-hybridized carbons (Fsp3) is 1.00. The van der Waals surface area contributed by atoms with E-state index in [-0.39, 0.29) is 12.2 Å². The molecule has 0 saturated carbocycles. The van der Waals surface area contributed by atoms with E-state index in [1.54, 1.807) is 7.05 Å². The summed E-state index contributed by atoms with van der Waals surface area (Å²) in [5.74, 6) is 0.468. The zero-order valence-corrected chi connectivity index (χ0v) is 12.2. The van der Waals surface area contributed by atoms with Crippen molar-refractivity contribution in [3.63, 3.8) is 0 Å². The third-order valence-corrected chi connectivity index (χ3v) is 4.90. The second-order valence-corrected chi connectivity index (χ2v) is 6.86. The molecular formula is C10H21ClN2O3S. The number of ether oxygens (including phenoxy) is 1. The Hall–Kier alpha value is 0.120.